The number of para-hydroxylation sites is 1. The number of primary amides is 1. The number of nitro benzene ring substituents is 1. The van der Waals surface area contributed by atoms with Crippen LogP contribution in [0, 0.1) is 10.1 Å². The molecule has 3 heterocycles. The summed E-state index contributed by atoms with van der Waals surface area (Å²) in [5.41, 5.74) is 5.41. The molecular weight excluding hydrogens is 574 g/mol. The van der Waals surface area contributed by atoms with Crippen LogP contribution in [0.3, 0.4) is 0 Å². The quantitative estimate of drug-likeness (QED) is 0.170. The van der Waals surface area contributed by atoms with Gasteiger partial charge in [0.2, 0.25) is 9.84 Å². The number of sulfone groups is 1. The van der Waals surface area contributed by atoms with E-state index in [9.17, 15) is 32.1 Å². The molecule has 1 atom stereocenters. The zero-order chi connectivity index (χ0) is 30.0. The summed E-state index contributed by atoms with van der Waals surface area (Å²) in [4.78, 5) is 31.4. The first-order valence-corrected chi connectivity index (χ1v) is 14.3. The predicted molar refractivity (Wildman–Crippen MR) is 149 cm³/mol. The predicted octanol–water partition coefficient (Wildman–Crippen LogP) is 3.99. The van der Waals surface area contributed by atoms with Gasteiger partial charge in [-0.1, -0.05) is 6.07 Å². The van der Waals surface area contributed by atoms with Gasteiger partial charge in [-0.25, -0.2) is 22.2 Å². The Kier molecular flexibility index (Phi) is 8.04. The summed E-state index contributed by atoms with van der Waals surface area (Å²) in [5, 5.41) is 15.7. The van der Waals surface area contributed by atoms with Gasteiger partial charge in [0.25, 0.3) is 11.6 Å². The number of amides is 1. The smallest absolute Gasteiger partial charge is 0.293 e. The molecule has 42 heavy (non-hydrogen) atoms. The average Bonchev–Trinajstić information content (AvgIpc) is 3.63. The zero-order valence-electron chi connectivity index (χ0n) is 22.0. The largest absolute Gasteiger partial charge is 0.453 e. The summed E-state index contributed by atoms with van der Waals surface area (Å²) >= 11 is 0. The molecule has 12 nitrogen and oxygen atoms in total. The molecule has 5 rings (SSSR count). The number of aromatic nitrogens is 2. The summed E-state index contributed by atoms with van der Waals surface area (Å²) < 4.78 is 59.8. The number of anilines is 1. The third-order valence-electron chi connectivity index (χ3n) is 7.06. The van der Waals surface area contributed by atoms with Gasteiger partial charge in [-0.15, -0.1) is 0 Å². The molecule has 2 aromatic carbocycles. The minimum Gasteiger partial charge on any atom is -0.453 e. The summed E-state index contributed by atoms with van der Waals surface area (Å²) in [6.45, 7) is -1.03. The molecule has 15 heteroatoms. The summed E-state index contributed by atoms with van der Waals surface area (Å²) in [7, 11) is -4.49. The number of H-pyrrole nitrogens is 1. The third-order valence-corrected chi connectivity index (χ3v) is 8.83. The number of nitrogens with zero attached hydrogens (tertiary/aromatic N) is 3. The Hall–Kier alpha value is -4.63. The number of rotatable bonds is 11. The van der Waals surface area contributed by atoms with Crippen molar-refractivity contribution in [3.05, 3.63) is 76.6 Å². The first-order chi connectivity index (χ1) is 20.1. The number of nitrogens with one attached hydrogen (secondary N) is 2. The van der Waals surface area contributed by atoms with Gasteiger partial charge in [0.15, 0.2) is 5.75 Å². The van der Waals surface area contributed by atoms with Gasteiger partial charge in [-0.05, 0) is 42.8 Å². The number of nitrogens with two attached hydrogens (primary N) is 1. The molecular formula is C27H26F2N6O6S. The lowest BCUT2D eigenvalue weighted by Crippen LogP contribution is -2.38. The lowest BCUT2D eigenvalue weighted by atomic mass is 10.2. The van der Waals surface area contributed by atoms with Crippen molar-refractivity contribution < 1.29 is 31.7 Å². The number of benzene rings is 2. The summed E-state index contributed by atoms with van der Waals surface area (Å²) in [6.07, 6.45) is 3.48. The van der Waals surface area contributed by atoms with Crippen molar-refractivity contribution >= 4 is 38.2 Å². The third kappa shape index (κ3) is 5.60. The zero-order valence-corrected chi connectivity index (χ0v) is 22.8. The van der Waals surface area contributed by atoms with Crippen LogP contribution in [-0.2, 0) is 9.84 Å². The van der Waals surface area contributed by atoms with E-state index in [1.165, 1.54) is 36.5 Å². The van der Waals surface area contributed by atoms with Gasteiger partial charge >= 0.3 is 0 Å². The molecule has 4 N–H and O–H groups in total. The number of likely N-dealkylation sites (tertiary alicyclic amines) is 1. The van der Waals surface area contributed by atoms with Gasteiger partial charge in [0.05, 0.1) is 27.6 Å². The second-order valence-electron chi connectivity index (χ2n) is 9.71. The van der Waals surface area contributed by atoms with Crippen LogP contribution in [0.25, 0.3) is 11.0 Å². The molecule has 4 aromatic rings. The first kappa shape index (κ1) is 28.9. The van der Waals surface area contributed by atoms with E-state index in [2.05, 4.69) is 15.3 Å². The molecule has 0 bridgehead atoms. The second kappa shape index (κ2) is 11.7. The Labute approximate surface area is 238 Å². The number of halogens is 2. The number of hydrogen-bond donors (Lipinski definition) is 3. The van der Waals surface area contributed by atoms with Crippen molar-refractivity contribution in [2.24, 2.45) is 5.73 Å². The van der Waals surface area contributed by atoms with Crippen molar-refractivity contribution in [3.8, 4) is 11.5 Å². The molecule has 0 saturated carbocycles. The monoisotopic (exact) mass is 600 g/mol. The number of fused-ring (bicyclic) bond motifs is 1. The lowest BCUT2D eigenvalue weighted by Gasteiger charge is -2.23. The van der Waals surface area contributed by atoms with E-state index >= 15 is 0 Å². The molecule has 0 aliphatic carbocycles. The van der Waals surface area contributed by atoms with E-state index in [1.807, 2.05) is 0 Å². The summed E-state index contributed by atoms with van der Waals surface area (Å²) in [6, 6.07) is 9.27. The maximum absolute atomic E-state index is 13.8. The number of ether oxygens (including phenoxy) is 1. The highest BCUT2D eigenvalue weighted by Crippen LogP contribution is 2.38. The molecule has 1 amide bonds. The number of carbonyl (C=O) groups is 1. The molecule has 1 aliphatic rings. The number of alkyl halides is 2. The Balaban J connectivity index is 1.49. The Morgan fingerprint density at radius 2 is 2.02 bits per heavy atom. The topological polar surface area (TPSA) is 174 Å². The van der Waals surface area contributed by atoms with Crippen molar-refractivity contribution in [2.75, 3.05) is 31.8 Å². The van der Waals surface area contributed by atoms with Crippen LogP contribution in [0.4, 0.5) is 20.2 Å². The lowest BCUT2D eigenvalue weighted by molar-refractivity contribution is -0.384. The van der Waals surface area contributed by atoms with Crippen LogP contribution >= 0.6 is 0 Å². The van der Waals surface area contributed by atoms with Crippen LogP contribution in [0.5, 0.6) is 11.5 Å². The summed E-state index contributed by atoms with van der Waals surface area (Å²) in [5.74, 6) is -1.17. The van der Waals surface area contributed by atoms with Gasteiger partial charge < -0.3 is 20.8 Å². The second-order valence-corrected chi connectivity index (χ2v) is 11.6. The van der Waals surface area contributed by atoms with Gasteiger partial charge in [0, 0.05) is 36.8 Å². The van der Waals surface area contributed by atoms with E-state index in [4.69, 9.17) is 10.5 Å². The van der Waals surface area contributed by atoms with E-state index < -0.39 is 55.5 Å². The normalized spacial score (nSPS) is 15.7. The Bertz CT molecular complexity index is 1760. The van der Waals surface area contributed by atoms with Gasteiger partial charge in [0.1, 0.15) is 35.3 Å². The number of aromatic amines is 1. The minimum absolute atomic E-state index is 0.0519. The standard InChI is InChI=1S/C27H26F2N6O6S/c28-12-18(13-29)34-9-7-17(15-34)33-22-5-4-20(11-23(22)35(37)38)42(39,40)24-3-1-2-21(26(30)36)25(24)41-19-10-16-6-8-31-27(16)32-14-19/h1-6,8,10-11,14,17-18,33H,7,9,12-13,15H2,(H2,30,36)(H,31,32)/t17-/m1/s1. The molecule has 0 spiro atoms. The molecule has 220 valence electrons. The van der Waals surface area contributed by atoms with Crippen molar-refractivity contribution in [1.82, 2.24) is 14.9 Å². The molecule has 0 radical (unpaired) electrons. The molecule has 1 aliphatic heterocycles. The fourth-order valence-electron chi connectivity index (χ4n) is 4.89. The number of hydrogen-bond acceptors (Lipinski definition) is 9. The molecule has 2 aromatic heterocycles. The van der Waals surface area contributed by atoms with E-state index in [-0.39, 0.29) is 35.3 Å². The first-order valence-electron chi connectivity index (χ1n) is 12.8. The van der Waals surface area contributed by atoms with Crippen LogP contribution in [0.15, 0.2) is 70.7 Å². The van der Waals surface area contributed by atoms with Crippen LogP contribution in [0.2, 0.25) is 0 Å². The Morgan fingerprint density at radius 1 is 1.24 bits per heavy atom. The SMILES string of the molecule is NC(=O)c1cccc(S(=O)(=O)c2ccc(N[C@@H]3CCN(C(CF)CF)C3)c([N+](=O)[O-])c2)c1Oc1cnc2[nH]ccc2c1. The van der Waals surface area contributed by atoms with Gasteiger partial charge in [-0.3, -0.25) is 19.8 Å². The fraction of sp³-hybridized carbons (Fsp3) is 0.259. The van der Waals surface area contributed by atoms with Crippen LogP contribution in [-0.4, -0.2) is 72.6 Å². The fourth-order valence-corrected chi connectivity index (χ4v) is 6.31. The highest BCUT2D eigenvalue weighted by Gasteiger charge is 2.32. The molecule has 0 unspecified atom stereocenters. The number of pyridine rings is 1. The maximum Gasteiger partial charge on any atom is 0.293 e. The average molecular weight is 601 g/mol. The molecule has 1 fully saturated rings. The Morgan fingerprint density at radius 3 is 2.74 bits per heavy atom. The van der Waals surface area contributed by atoms with Crippen molar-refractivity contribution in [1.29, 1.82) is 0 Å². The van der Waals surface area contributed by atoms with E-state index in [0.717, 1.165) is 6.07 Å². The molecule has 1 saturated heterocycles. The highest BCUT2D eigenvalue weighted by molar-refractivity contribution is 7.91. The van der Waals surface area contributed by atoms with Crippen molar-refractivity contribution in [3.63, 3.8) is 0 Å². The van der Waals surface area contributed by atoms with Gasteiger partial charge in [-0.2, -0.15) is 0 Å². The van der Waals surface area contributed by atoms with E-state index in [1.54, 1.807) is 23.2 Å². The number of carbonyl (C=O) groups excluding carboxylic acids is 1. The van der Waals surface area contributed by atoms with Crippen molar-refractivity contribution in [2.45, 2.75) is 28.3 Å². The minimum atomic E-state index is -4.49. The van der Waals surface area contributed by atoms with Crippen LogP contribution < -0.4 is 15.8 Å². The maximum atomic E-state index is 13.8. The highest BCUT2D eigenvalue weighted by atomic mass is 32.2. The number of nitro groups is 1. The van der Waals surface area contributed by atoms with Crippen LogP contribution in [0.1, 0.15) is 16.8 Å². The van der Waals surface area contributed by atoms with E-state index in [0.29, 0.717) is 24.0 Å².